The molecule has 1 aromatic heterocycles. The highest BCUT2D eigenvalue weighted by atomic mass is 16.5. The van der Waals surface area contributed by atoms with Crippen molar-refractivity contribution in [2.75, 3.05) is 44.5 Å². The first-order valence-electron chi connectivity index (χ1n) is 12.3. The van der Waals surface area contributed by atoms with Crippen LogP contribution >= 0.6 is 0 Å². The topological polar surface area (TPSA) is 97.7 Å². The van der Waals surface area contributed by atoms with E-state index < -0.39 is 6.03 Å². The second-order valence-electron chi connectivity index (χ2n) is 9.81. The molecule has 0 aliphatic rings. The number of ether oxygens (including phenoxy) is 2. The number of benzene rings is 2. The van der Waals surface area contributed by atoms with Crippen LogP contribution in [0.4, 0.5) is 16.3 Å². The summed E-state index contributed by atoms with van der Waals surface area (Å²) >= 11 is 0. The van der Waals surface area contributed by atoms with E-state index in [2.05, 4.69) is 31.4 Å². The summed E-state index contributed by atoms with van der Waals surface area (Å²) < 4.78 is 12.2. The molecule has 0 unspecified atom stereocenters. The van der Waals surface area contributed by atoms with Crippen LogP contribution in [0.5, 0.6) is 5.75 Å². The van der Waals surface area contributed by atoms with Gasteiger partial charge in [-0.3, -0.25) is 4.79 Å². The number of anilines is 2. The van der Waals surface area contributed by atoms with Crippen molar-refractivity contribution in [1.29, 1.82) is 0 Å². The van der Waals surface area contributed by atoms with Gasteiger partial charge in [0.2, 0.25) is 5.91 Å². The Balaban J connectivity index is 1.83. The molecule has 3 amide bonds. The molecule has 0 aliphatic heterocycles. The Morgan fingerprint density at radius 1 is 1.03 bits per heavy atom. The molecule has 0 bridgehead atoms. The number of carbonyl (C=O) groups excluding carboxylic acids is 2. The van der Waals surface area contributed by atoms with Crippen molar-refractivity contribution in [1.82, 2.24) is 14.7 Å². The molecule has 0 radical (unpaired) electrons. The third-order valence-corrected chi connectivity index (χ3v) is 5.84. The zero-order chi connectivity index (χ0) is 27.0. The van der Waals surface area contributed by atoms with Gasteiger partial charge in [-0.1, -0.05) is 51.1 Å². The van der Waals surface area contributed by atoms with E-state index in [1.807, 2.05) is 43.3 Å². The number of urea groups is 1. The van der Waals surface area contributed by atoms with Crippen LogP contribution in [0, 0.1) is 6.92 Å². The maximum atomic E-state index is 13.2. The molecule has 3 rings (SSSR count). The lowest BCUT2D eigenvalue weighted by molar-refractivity contribution is -0.116. The van der Waals surface area contributed by atoms with Gasteiger partial charge in [0.05, 0.1) is 24.2 Å². The van der Waals surface area contributed by atoms with Gasteiger partial charge < -0.3 is 25.0 Å². The average Bonchev–Trinajstić information content (AvgIpc) is 3.28. The fourth-order valence-electron chi connectivity index (χ4n) is 3.77. The van der Waals surface area contributed by atoms with E-state index >= 15 is 0 Å². The molecule has 0 aliphatic carbocycles. The lowest BCUT2D eigenvalue weighted by atomic mass is 9.92. The van der Waals surface area contributed by atoms with E-state index in [4.69, 9.17) is 14.6 Å². The fraction of sp³-hybridized carbons (Fsp3) is 0.393. The predicted octanol–water partition coefficient (Wildman–Crippen LogP) is 5.00. The summed E-state index contributed by atoms with van der Waals surface area (Å²) in [6.45, 7) is 8.88. The van der Waals surface area contributed by atoms with Crippen LogP contribution in [0.1, 0.15) is 38.4 Å². The molecule has 1 heterocycles. The highest BCUT2D eigenvalue weighted by molar-refractivity contribution is 5.97. The summed E-state index contributed by atoms with van der Waals surface area (Å²) in [4.78, 5) is 27.8. The third-order valence-electron chi connectivity index (χ3n) is 5.84. The number of aromatic nitrogens is 2. The summed E-state index contributed by atoms with van der Waals surface area (Å²) in [5.74, 6) is 0.753. The molecule has 0 spiro atoms. The minimum absolute atomic E-state index is 0.144. The van der Waals surface area contributed by atoms with Gasteiger partial charge in [-0.25, -0.2) is 9.48 Å². The van der Waals surface area contributed by atoms with Crippen molar-refractivity contribution in [3.63, 3.8) is 0 Å². The van der Waals surface area contributed by atoms with Crippen LogP contribution in [0.15, 0.2) is 54.6 Å². The summed E-state index contributed by atoms with van der Waals surface area (Å²) in [5.41, 5.74) is 3.06. The molecule has 0 saturated carbocycles. The molecule has 2 aromatic carbocycles. The summed E-state index contributed by atoms with van der Waals surface area (Å²) in [5, 5.41) is 10.6. The maximum absolute atomic E-state index is 13.2. The van der Waals surface area contributed by atoms with Crippen molar-refractivity contribution >= 4 is 23.4 Å². The standard InChI is InChI=1S/C28H37N5O4/c1-20-12-7-9-14-22(20)33-25(18-24(31-33)28(2,3)4)30-26(34)19-32(16-11-17-36-5)27(35)29-21-13-8-10-15-23(21)37-6/h7-10,12-15,18H,11,16-17,19H2,1-6H3,(H,29,35)(H,30,34). The second kappa shape index (κ2) is 12.4. The largest absolute Gasteiger partial charge is 0.495 e. The van der Waals surface area contributed by atoms with Gasteiger partial charge in [0.1, 0.15) is 18.1 Å². The van der Waals surface area contributed by atoms with Gasteiger partial charge in [-0.2, -0.15) is 5.10 Å². The number of hydrogen-bond acceptors (Lipinski definition) is 5. The Kier molecular flexibility index (Phi) is 9.30. The molecule has 2 N–H and O–H groups in total. The molecule has 3 aromatic rings. The molecule has 37 heavy (non-hydrogen) atoms. The summed E-state index contributed by atoms with van der Waals surface area (Å²) in [7, 11) is 3.14. The average molecular weight is 508 g/mol. The number of rotatable bonds is 10. The van der Waals surface area contributed by atoms with Crippen LogP contribution in [0.25, 0.3) is 5.69 Å². The Labute approximate surface area is 218 Å². The van der Waals surface area contributed by atoms with E-state index in [0.29, 0.717) is 36.8 Å². The van der Waals surface area contributed by atoms with Crippen molar-refractivity contribution in [3.05, 3.63) is 65.9 Å². The minimum Gasteiger partial charge on any atom is -0.495 e. The fourth-order valence-corrected chi connectivity index (χ4v) is 3.77. The lowest BCUT2D eigenvalue weighted by Crippen LogP contribution is -2.41. The second-order valence-corrected chi connectivity index (χ2v) is 9.81. The predicted molar refractivity (Wildman–Crippen MR) is 146 cm³/mol. The van der Waals surface area contributed by atoms with Gasteiger partial charge in [-0.05, 0) is 37.1 Å². The maximum Gasteiger partial charge on any atom is 0.322 e. The van der Waals surface area contributed by atoms with Crippen molar-refractivity contribution < 1.29 is 19.1 Å². The van der Waals surface area contributed by atoms with Crippen LogP contribution in [-0.4, -0.2) is 60.5 Å². The zero-order valence-corrected chi connectivity index (χ0v) is 22.5. The Bertz CT molecular complexity index is 1220. The quantitative estimate of drug-likeness (QED) is 0.377. The van der Waals surface area contributed by atoms with Crippen LogP contribution in [-0.2, 0) is 14.9 Å². The van der Waals surface area contributed by atoms with Crippen LogP contribution < -0.4 is 15.4 Å². The molecule has 9 nitrogen and oxygen atoms in total. The molecular formula is C28H37N5O4. The van der Waals surface area contributed by atoms with E-state index in [1.54, 1.807) is 30.0 Å². The Hall–Kier alpha value is -3.85. The number of nitrogens with zero attached hydrogens (tertiary/aromatic N) is 3. The number of carbonyl (C=O) groups is 2. The van der Waals surface area contributed by atoms with Crippen molar-refractivity contribution in [2.24, 2.45) is 0 Å². The van der Waals surface area contributed by atoms with Gasteiger partial charge in [0.15, 0.2) is 0 Å². The van der Waals surface area contributed by atoms with Gasteiger partial charge in [0.25, 0.3) is 0 Å². The van der Waals surface area contributed by atoms with Crippen molar-refractivity contribution in [3.8, 4) is 11.4 Å². The first-order chi connectivity index (χ1) is 17.6. The molecule has 0 saturated heterocycles. The highest BCUT2D eigenvalue weighted by Gasteiger charge is 2.24. The monoisotopic (exact) mass is 507 g/mol. The molecule has 9 heteroatoms. The molecule has 0 fully saturated rings. The number of aryl methyl sites for hydroxylation is 1. The minimum atomic E-state index is -0.404. The molecule has 198 valence electrons. The normalized spacial score (nSPS) is 11.2. The summed E-state index contributed by atoms with van der Waals surface area (Å²) in [6, 6.07) is 16.5. The zero-order valence-electron chi connectivity index (χ0n) is 22.5. The summed E-state index contributed by atoms with van der Waals surface area (Å²) in [6.07, 6.45) is 0.582. The van der Waals surface area contributed by atoms with E-state index in [0.717, 1.165) is 16.9 Å². The Morgan fingerprint density at radius 3 is 2.41 bits per heavy atom. The van der Waals surface area contributed by atoms with E-state index in [-0.39, 0.29) is 17.9 Å². The smallest absolute Gasteiger partial charge is 0.322 e. The van der Waals surface area contributed by atoms with Crippen LogP contribution in [0.2, 0.25) is 0 Å². The van der Waals surface area contributed by atoms with Crippen molar-refractivity contribution in [2.45, 2.75) is 39.5 Å². The molecular weight excluding hydrogens is 470 g/mol. The van der Waals surface area contributed by atoms with Crippen LogP contribution in [0.3, 0.4) is 0 Å². The Morgan fingerprint density at radius 2 is 1.73 bits per heavy atom. The lowest BCUT2D eigenvalue weighted by Gasteiger charge is -2.23. The SMILES string of the molecule is COCCCN(CC(=O)Nc1cc(C(C)(C)C)nn1-c1ccccc1C)C(=O)Nc1ccccc1OC. The number of nitrogens with one attached hydrogen (secondary N) is 2. The number of amides is 3. The number of para-hydroxylation sites is 3. The first-order valence-corrected chi connectivity index (χ1v) is 12.3. The van der Waals surface area contributed by atoms with E-state index in [9.17, 15) is 9.59 Å². The highest BCUT2D eigenvalue weighted by Crippen LogP contribution is 2.27. The van der Waals surface area contributed by atoms with E-state index in [1.165, 1.54) is 12.0 Å². The number of hydrogen-bond donors (Lipinski definition) is 2. The van der Waals surface area contributed by atoms with Gasteiger partial charge >= 0.3 is 6.03 Å². The van der Waals surface area contributed by atoms with Gasteiger partial charge in [0, 0.05) is 31.7 Å². The first kappa shape index (κ1) is 27.7. The molecule has 0 atom stereocenters. The van der Waals surface area contributed by atoms with Gasteiger partial charge in [-0.15, -0.1) is 0 Å². The number of methoxy groups -OCH3 is 2. The third kappa shape index (κ3) is 7.33.